The maximum absolute atomic E-state index is 13.3. The fourth-order valence-electron chi connectivity index (χ4n) is 3.59. The summed E-state index contributed by atoms with van der Waals surface area (Å²) < 4.78 is 33.0. The molecule has 0 aliphatic rings. The normalized spacial score (nSPS) is 13.2. The molecule has 7 nitrogen and oxygen atoms in total. The lowest BCUT2D eigenvalue weighted by molar-refractivity contribution is 0.0917. The Kier molecular flexibility index (Phi) is 9.67. The molecule has 0 unspecified atom stereocenters. The number of benzene rings is 2. The molecule has 0 saturated heterocycles. The van der Waals surface area contributed by atoms with Gasteiger partial charge in [0, 0.05) is 24.2 Å². The van der Waals surface area contributed by atoms with Crippen molar-refractivity contribution in [3.05, 3.63) is 59.7 Å². The van der Waals surface area contributed by atoms with Crippen molar-refractivity contribution in [1.82, 2.24) is 9.62 Å². The van der Waals surface area contributed by atoms with E-state index in [1.807, 2.05) is 52.8 Å². The summed E-state index contributed by atoms with van der Waals surface area (Å²) in [6.07, 6.45) is -0.106. The first-order chi connectivity index (χ1) is 15.8. The zero-order chi connectivity index (χ0) is 25.5. The van der Waals surface area contributed by atoms with Gasteiger partial charge in [-0.25, -0.2) is 8.42 Å². The molecular formula is C26H38N2O5S. The van der Waals surface area contributed by atoms with Gasteiger partial charge in [-0.15, -0.1) is 0 Å². The van der Waals surface area contributed by atoms with Crippen molar-refractivity contribution < 1.29 is 23.1 Å². The Morgan fingerprint density at radius 1 is 1.06 bits per heavy atom. The van der Waals surface area contributed by atoms with Gasteiger partial charge >= 0.3 is 0 Å². The Labute approximate surface area is 204 Å². The van der Waals surface area contributed by atoms with E-state index in [4.69, 9.17) is 4.74 Å². The van der Waals surface area contributed by atoms with Crippen molar-refractivity contribution in [3.63, 3.8) is 0 Å². The molecule has 0 aliphatic carbocycles. The summed E-state index contributed by atoms with van der Waals surface area (Å²) in [5, 5.41) is 13.7. The number of aryl methyl sites for hydroxylation is 1. The average molecular weight is 491 g/mol. The van der Waals surface area contributed by atoms with Crippen LogP contribution in [0.1, 0.15) is 57.0 Å². The van der Waals surface area contributed by atoms with E-state index in [1.165, 1.54) is 23.5 Å². The van der Waals surface area contributed by atoms with Crippen molar-refractivity contribution in [2.45, 2.75) is 64.0 Å². The number of aliphatic hydroxyl groups excluding tert-OH is 1. The number of hydrogen-bond acceptors (Lipinski definition) is 5. The van der Waals surface area contributed by atoms with Crippen molar-refractivity contribution in [2.24, 2.45) is 5.92 Å². The molecule has 0 heterocycles. The van der Waals surface area contributed by atoms with Gasteiger partial charge in [-0.3, -0.25) is 4.79 Å². The van der Waals surface area contributed by atoms with Gasteiger partial charge in [-0.05, 0) is 75.4 Å². The van der Waals surface area contributed by atoms with Crippen molar-refractivity contribution in [3.8, 4) is 5.75 Å². The van der Waals surface area contributed by atoms with Gasteiger partial charge in [0.2, 0.25) is 10.0 Å². The van der Waals surface area contributed by atoms with Gasteiger partial charge in [0.05, 0.1) is 18.1 Å². The zero-order valence-corrected chi connectivity index (χ0v) is 21.9. The predicted molar refractivity (Wildman–Crippen MR) is 135 cm³/mol. The molecule has 34 heavy (non-hydrogen) atoms. The number of rotatable bonds is 11. The van der Waals surface area contributed by atoms with Crippen LogP contribution in [0.3, 0.4) is 0 Å². The molecule has 2 aromatic rings. The number of amides is 1. The van der Waals surface area contributed by atoms with E-state index in [-0.39, 0.29) is 35.3 Å². The molecule has 2 aromatic carbocycles. The van der Waals surface area contributed by atoms with E-state index in [1.54, 1.807) is 18.2 Å². The molecule has 8 heteroatoms. The largest absolute Gasteiger partial charge is 0.497 e. The number of hydrogen-bond donors (Lipinski definition) is 2. The summed E-state index contributed by atoms with van der Waals surface area (Å²) in [6.45, 7) is 9.90. The molecule has 1 amide bonds. The first-order valence-electron chi connectivity index (χ1n) is 11.6. The molecule has 0 spiro atoms. The molecule has 2 rings (SSSR count). The van der Waals surface area contributed by atoms with Crippen molar-refractivity contribution >= 4 is 15.9 Å². The van der Waals surface area contributed by atoms with Crippen LogP contribution < -0.4 is 10.1 Å². The minimum absolute atomic E-state index is 0.0249. The Hall–Kier alpha value is -2.42. The number of carbonyl (C=O) groups is 1. The number of aliphatic hydroxyl groups is 1. The fraction of sp³-hybridized carbons (Fsp3) is 0.500. The number of nitrogens with zero attached hydrogens (tertiary/aromatic N) is 1. The zero-order valence-electron chi connectivity index (χ0n) is 21.0. The summed E-state index contributed by atoms with van der Waals surface area (Å²) in [6, 6.07) is 13.5. The van der Waals surface area contributed by atoms with Crippen LogP contribution in [0.15, 0.2) is 53.4 Å². The Bertz CT molecular complexity index is 1040. The quantitative estimate of drug-likeness (QED) is 0.499. The maximum Gasteiger partial charge on any atom is 0.251 e. The summed E-state index contributed by atoms with van der Waals surface area (Å²) in [5.74, 6) is 0.492. The maximum atomic E-state index is 13.3. The molecule has 0 bridgehead atoms. The van der Waals surface area contributed by atoms with Crippen LogP contribution in [0.4, 0.5) is 0 Å². The second kappa shape index (κ2) is 11.8. The van der Waals surface area contributed by atoms with Gasteiger partial charge in [0.15, 0.2) is 0 Å². The van der Waals surface area contributed by atoms with E-state index in [0.717, 1.165) is 5.56 Å². The van der Waals surface area contributed by atoms with Gasteiger partial charge in [0.25, 0.3) is 5.91 Å². The number of nitrogens with one attached hydrogen (secondary N) is 1. The lowest BCUT2D eigenvalue weighted by Gasteiger charge is -2.26. The molecule has 0 radical (unpaired) electrons. The summed E-state index contributed by atoms with van der Waals surface area (Å²) in [7, 11) is -2.26. The number of methoxy groups -OCH3 is 1. The number of carbonyl (C=O) groups excluding carboxylic acids is 1. The molecular weight excluding hydrogens is 452 g/mol. The highest BCUT2D eigenvalue weighted by Crippen LogP contribution is 2.22. The van der Waals surface area contributed by atoms with Gasteiger partial charge in [-0.1, -0.05) is 32.0 Å². The van der Waals surface area contributed by atoms with Gasteiger partial charge in [0.1, 0.15) is 5.75 Å². The molecule has 2 N–H and O–H groups in total. The third-order valence-corrected chi connectivity index (χ3v) is 7.02. The summed E-state index contributed by atoms with van der Waals surface area (Å²) in [5.41, 5.74) is 1.02. The van der Waals surface area contributed by atoms with Crippen molar-refractivity contribution in [1.29, 1.82) is 0 Å². The second-order valence-corrected chi connectivity index (χ2v) is 11.9. The topological polar surface area (TPSA) is 95.9 Å². The SMILES string of the molecule is COc1ccc(S(=O)(=O)N(CC(C)C)C[C@@H](O)CCc2ccccc2C(=O)NC(C)(C)C)cc1. The fourth-order valence-corrected chi connectivity index (χ4v) is 5.23. The van der Waals surface area contributed by atoms with Crippen molar-refractivity contribution in [2.75, 3.05) is 20.2 Å². The van der Waals surface area contributed by atoms with Crippen LogP contribution >= 0.6 is 0 Å². The van der Waals surface area contributed by atoms with Crippen LogP contribution in [0, 0.1) is 5.92 Å². The number of ether oxygens (including phenoxy) is 1. The van der Waals surface area contributed by atoms with Gasteiger partial charge in [-0.2, -0.15) is 4.31 Å². The lowest BCUT2D eigenvalue weighted by Crippen LogP contribution is -2.41. The minimum Gasteiger partial charge on any atom is -0.497 e. The van der Waals surface area contributed by atoms with E-state index >= 15 is 0 Å². The van der Waals surface area contributed by atoms with Crippen LogP contribution in [0.2, 0.25) is 0 Å². The van der Waals surface area contributed by atoms with Crippen LogP contribution in [-0.4, -0.2) is 55.6 Å². The molecule has 188 valence electrons. The highest BCUT2D eigenvalue weighted by Gasteiger charge is 2.27. The van der Waals surface area contributed by atoms with Crippen LogP contribution in [0.5, 0.6) is 5.75 Å². The highest BCUT2D eigenvalue weighted by atomic mass is 32.2. The van der Waals surface area contributed by atoms with E-state index in [2.05, 4.69) is 5.32 Å². The predicted octanol–water partition coefficient (Wildman–Crippen LogP) is 3.86. The van der Waals surface area contributed by atoms with E-state index in [0.29, 0.717) is 24.2 Å². The van der Waals surface area contributed by atoms with Gasteiger partial charge < -0.3 is 15.2 Å². The Morgan fingerprint density at radius 2 is 1.68 bits per heavy atom. The minimum atomic E-state index is -3.79. The molecule has 0 aliphatic heterocycles. The third-order valence-electron chi connectivity index (χ3n) is 5.18. The smallest absolute Gasteiger partial charge is 0.251 e. The van der Waals surface area contributed by atoms with Crippen LogP contribution in [-0.2, 0) is 16.4 Å². The van der Waals surface area contributed by atoms with E-state index < -0.39 is 16.1 Å². The molecule has 0 aromatic heterocycles. The standard InChI is InChI=1S/C26H38N2O5S/c1-19(2)17-28(34(31,32)23-15-13-22(33-6)14-16-23)18-21(29)12-11-20-9-7-8-10-24(20)25(30)27-26(3,4)5/h7-10,13-16,19,21,29H,11-12,17-18H2,1-6H3,(H,27,30)/t21-/m0/s1. The Balaban J connectivity index is 2.14. The van der Waals surface area contributed by atoms with Crippen LogP contribution in [0.25, 0.3) is 0 Å². The molecule has 1 atom stereocenters. The number of sulfonamides is 1. The highest BCUT2D eigenvalue weighted by molar-refractivity contribution is 7.89. The summed E-state index contributed by atoms with van der Waals surface area (Å²) in [4.78, 5) is 12.8. The summed E-state index contributed by atoms with van der Waals surface area (Å²) >= 11 is 0. The van der Waals surface area contributed by atoms with E-state index in [9.17, 15) is 18.3 Å². The average Bonchev–Trinajstić information content (AvgIpc) is 2.76. The first-order valence-corrected chi connectivity index (χ1v) is 13.0. The third kappa shape index (κ3) is 8.11. The second-order valence-electron chi connectivity index (χ2n) is 9.95. The lowest BCUT2D eigenvalue weighted by atomic mass is 9.99. The first kappa shape index (κ1) is 27.8. The monoisotopic (exact) mass is 490 g/mol. The molecule has 0 saturated carbocycles. The molecule has 0 fully saturated rings. The Morgan fingerprint density at radius 3 is 2.24 bits per heavy atom.